The number of carbonyl (C=O) groups is 1. The van der Waals surface area contributed by atoms with Gasteiger partial charge in [-0.25, -0.2) is 4.79 Å². The number of halogens is 4. The molecule has 0 amide bonds. The molecule has 0 bridgehead atoms. The van der Waals surface area contributed by atoms with Crippen molar-refractivity contribution in [1.29, 1.82) is 0 Å². The van der Waals surface area contributed by atoms with Gasteiger partial charge in [-0.05, 0) is 42.5 Å². The van der Waals surface area contributed by atoms with Crippen molar-refractivity contribution in [3.63, 3.8) is 0 Å². The van der Waals surface area contributed by atoms with Crippen LogP contribution >= 0.6 is 11.6 Å². The van der Waals surface area contributed by atoms with Gasteiger partial charge in [0.25, 0.3) is 0 Å². The quantitative estimate of drug-likeness (QED) is 0.593. The Morgan fingerprint density at radius 1 is 1.21 bits per heavy atom. The summed E-state index contributed by atoms with van der Waals surface area (Å²) < 4.78 is 44.5. The summed E-state index contributed by atoms with van der Waals surface area (Å²) in [5, 5.41) is 9.49. The second-order valence-electron chi connectivity index (χ2n) is 6.97. The lowest BCUT2D eigenvalue weighted by Crippen LogP contribution is -2.40. The maximum absolute atomic E-state index is 13.2. The highest BCUT2D eigenvalue weighted by Crippen LogP contribution is 2.40. The highest BCUT2D eigenvalue weighted by molar-refractivity contribution is 6.31. The zero-order valence-electron chi connectivity index (χ0n) is 16.1. The van der Waals surface area contributed by atoms with Crippen LogP contribution < -0.4 is 4.74 Å². The number of hydrogen-bond donors (Lipinski definition) is 1. The normalized spacial score (nSPS) is 19.6. The molecule has 1 fully saturated rings. The van der Waals surface area contributed by atoms with Gasteiger partial charge >= 0.3 is 12.1 Å². The lowest BCUT2D eigenvalue weighted by Gasteiger charge is -2.28. The number of carboxylic acids is 1. The average molecular weight is 419 g/mol. The summed E-state index contributed by atoms with van der Waals surface area (Å²) in [6.45, 7) is 4.00. The van der Waals surface area contributed by atoms with Crippen molar-refractivity contribution in [2.45, 2.75) is 71.1 Å². The van der Waals surface area contributed by atoms with Crippen LogP contribution in [0.1, 0.15) is 63.5 Å². The van der Waals surface area contributed by atoms with Crippen molar-refractivity contribution in [3.8, 4) is 5.75 Å². The molecule has 1 atom stereocenters. The van der Waals surface area contributed by atoms with Crippen LogP contribution in [0.4, 0.5) is 13.2 Å². The molecule has 7 heteroatoms. The van der Waals surface area contributed by atoms with E-state index in [9.17, 15) is 18.0 Å². The lowest BCUT2D eigenvalue weighted by molar-refractivity contribution is -0.187. The monoisotopic (exact) mass is 418 g/mol. The van der Waals surface area contributed by atoms with Crippen molar-refractivity contribution in [3.05, 3.63) is 33.9 Å². The Labute approximate surface area is 168 Å². The Bertz CT molecular complexity index is 722. The van der Waals surface area contributed by atoms with E-state index in [4.69, 9.17) is 21.4 Å². The lowest BCUT2D eigenvalue weighted by atomic mass is 9.85. The maximum atomic E-state index is 13.2. The zero-order valence-corrected chi connectivity index (χ0v) is 16.9. The molecule has 1 unspecified atom stereocenters. The number of benzene rings is 1. The first-order valence-electron chi connectivity index (χ1n) is 9.76. The first-order valence-corrected chi connectivity index (χ1v) is 10.1. The molecule has 0 radical (unpaired) electrons. The summed E-state index contributed by atoms with van der Waals surface area (Å²) in [4.78, 5) is 11.2. The minimum Gasteiger partial charge on any atom is -0.478 e. The fourth-order valence-corrected chi connectivity index (χ4v) is 3.97. The number of alkyl halides is 3. The highest BCUT2D eigenvalue weighted by Gasteiger charge is 2.48. The van der Waals surface area contributed by atoms with Crippen LogP contribution in [0.25, 0.3) is 6.08 Å². The van der Waals surface area contributed by atoms with Gasteiger partial charge in [0.15, 0.2) is 0 Å². The predicted molar refractivity (Wildman–Crippen MR) is 104 cm³/mol. The largest absolute Gasteiger partial charge is 0.478 e. The van der Waals surface area contributed by atoms with E-state index in [0.29, 0.717) is 17.4 Å². The average Bonchev–Trinajstić information content (AvgIpc) is 2.67. The molecule has 0 spiro atoms. The Hall–Kier alpha value is -1.69. The Morgan fingerprint density at radius 2 is 1.86 bits per heavy atom. The third-order valence-electron chi connectivity index (χ3n) is 5.11. The second kappa shape index (κ2) is 9.68. The molecule has 156 valence electrons. The Kier molecular flexibility index (Phi) is 7.81. The van der Waals surface area contributed by atoms with E-state index < -0.39 is 23.8 Å². The fraction of sp³-hybridized carbons (Fsp3) is 0.571. The van der Waals surface area contributed by atoms with Crippen LogP contribution in [0, 0.1) is 5.92 Å². The van der Waals surface area contributed by atoms with Gasteiger partial charge in [0, 0.05) is 10.6 Å². The molecule has 1 saturated carbocycles. The molecule has 0 saturated heterocycles. The van der Waals surface area contributed by atoms with E-state index >= 15 is 0 Å². The van der Waals surface area contributed by atoms with E-state index in [1.165, 1.54) is 44.2 Å². The number of hydrogen-bond acceptors (Lipinski definition) is 2. The maximum Gasteiger partial charge on any atom is 0.430 e. The molecule has 3 nitrogen and oxygen atoms in total. The number of rotatable bonds is 4. The van der Waals surface area contributed by atoms with Gasteiger partial charge in [-0.15, -0.1) is 0 Å². The topological polar surface area (TPSA) is 46.5 Å². The van der Waals surface area contributed by atoms with Gasteiger partial charge in [-0.1, -0.05) is 57.6 Å². The standard InChI is InChI=1S/C19H20ClF3O3.C2H6/c20-15-9-13-8-14(18(24)25)17(19(21,22)23)26-16(13)10-12(15)7-6-11-4-2-1-3-5-11;1-2/h8-11,17H,1-7H2,(H,24,25);1-2H3. The van der Waals surface area contributed by atoms with Gasteiger partial charge in [0.05, 0.1) is 5.57 Å². The number of fused-ring (bicyclic) bond motifs is 1. The number of carboxylic acid groups (broad SMARTS) is 1. The van der Waals surface area contributed by atoms with E-state index in [1.54, 1.807) is 0 Å². The van der Waals surface area contributed by atoms with Crippen molar-refractivity contribution in [1.82, 2.24) is 0 Å². The molecule has 1 aromatic rings. The van der Waals surface area contributed by atoms with Crippen molar-refractivity contribution >= 4 is 23.6 Å². The van der Waals surface area contributed by atoms with Crippen molar-refractivity contribution in [2.75, 3.05) is 0 Å². The summed E-state index contributed by atoms with van der Waals surface area (Å²) in [5.74, 6) is -1.01. The minimum absolute atomic E-state index is 0.0281. The zero-order chi connectivity index (χ0) is 20.9. The summed E-state index contributed by atoms with van der Waals surface area (Å²) in [7, 11) is 0. The first-order chi connectivity index (χ1) is 13.3. The van der Waals surface area contributed by atoms with Crippen LogP contribution in [0.2, 0.25) is 5.02 Å². The van der Waals surface area contributed by atoms with Gasteiger partial charge in [0.2, 0.25) is 6.10 Å². The SMILES string of the molecule is CC.O=C(O)C1=Cc2cc(Cl)c(CCC3CCCCC3)cc2OC1C(F)(F)F. The van der Waals surface area contributed by atoms with Crippen molar-refractivity contribution < 1.29 is 27.8 Å². The molecule has 1 N–H and O–H groups in total. The molecule has 2 aliphatic rings. The fourth-order valence-electron chi connectivity index (χ4n) is 3.70. The van der Waals surface area contributed by atoms with Crippen LogP contribution in [0.5, 0.6) is 5.75 Å². The summed E-state index contributed by atoms with van der Waals surface area (Å²) >= 11 is 6.28. The van der Waals surface area contributed by atoms with E-state index in [0.717, 1.165) is 18.1 Å². The highest BCUT2D eigenvalue weighted by atomic mass is 35.5. The molecule has 1 heterocycles. The molecular weight excluding hydrogens is 393 g/mol. The van der Waals surface area contributed by atoms with Crippen LogP contribution in [0.3, 0.4) is 0 Å². The molecule has 3 rings (SSSR count). The van der Waals surface area contributed by atoms with Gasteiger partial charge < -0.3 is 9.84 Å². The van der Waals surface area contributed by atoms with Gasteiger partial charge in [-0.2, -0.15) is 13.2 Å². The first kappa shape index (κ1) is 22.6. The molecule has 1 aliphatic carbocycles. The summed E-state index contributed by atoms with van der Waals surface area (Å²) in [5.41, 5.74) is 0.162. The molecule has 28 heavy (non-hydrogen) atoms. The number of aryl methyl sites for hydroxylation is 1. The number of aliphatic carboxylic acids is 1. The summed E-state index contributed by atoms with van der Waals surface area (Å²) in [6, 6.07) is 3.01. The third kappa shape index (κ3) is 5.43. The number of ether oxygens (including phenoxy) is 1. The molecule has 1 aliphatic heterocycles. The Balaban J connectivity index is 0.00000136. The van der Waals surface area contributed by atoms with E-state index in [1.807, 2.05) is 13.8 Å². The van der Waals surface area contributed by atoms with Crippen LogP contribution in [-0.2, 0) is 11.2 Å². The van der Waals surface area contributed by atoms with Crippen LogP contribution in [-0.4, -0.2) is 23.4 Å². The van der Waals surface area contributed by atoms with E-state index in [2.05, 4.69) is 0 Å². The van der Waals surface area contributed by atoms with Crippen LogP contribution in [0.15, 0.2) is 17.7 Å². The summed E-state index contributed by atoms with van der Waals surface area (Å²) in [6.07, 6.45) is 1.41. The van der Waals surface area contributed by atoms with E-state index in [-0.39, 0.29) is 11.3 Å². The van der Waals surface area contributed by atoms with Gasteiger partial charge in [0.1, 0.15) is 5.75 Å². The van der Waals surface area contributed by atoms with Gasteiger partial charge in [-0.3, -0.25) is 0 Å². The molecule has 1 aromatic carbocycles. The second-order valence-corrected chi connectivity index (χ2v) is 7.38. The predicted octanol–water partition coefficient (Wildman–Crippen LogP) is 6.67. The third-order valence-corrected chi connectivity index (χ3v) is 5.46. The van der Waals surface area contributed by atoms with Crippen molar-refractivity contribution in [2.24, 2.45) is 5.92 Å². The molecular formula is C21H26ClF3O3. The minimum atomic E-state index is -4.80. The Morgan fingerprint density at radius 3 is 2.43 bits per heavy atom. The molecule has 0 aromatic heterocycles. The smallest absolute Gasteiger partial charge is 0.430 e.